The molecule has 3 aromatic carbocycles. The van der Waals surface area contributed by atoms with Gasteiger partial charge < -0.3 is 23.7 Å². The SMILES string of the molecule is CCOC(=O)Cc1ncnc2c1ncn2[C@@H]1O[C@H](COC(=O)c2ccccc2)[C@@H](OC(=O)c2ccccc2)[C@H]1OC(=O)c1ccccc1. The van der Waals surface area contributed by atoms with E-state index in [0.717, 1.165) is 0 Å². The summed E-state index contributed by atoms with van der Waals surface area (Å²) in [7, 11) is 0. The number of carbonyl (C=O) groups excluding carboxylic acids is 4. The van der Waals surface area contributed by atoms with Crippen molar-refractivity contribution in [2.75, 3.05) is 13.2 Å². The standard InChI is InChI=1S/C35H30N4O9/c1-2-44-27(40)18-25-28-31(37-20-36-25)39(21-38-28)32-30(48-35(43)24-16-10-5-11-17-24)29(47-34(42)23-14-8-4-9-15-23)26(46-32)19-45-33(41)22-12-6-3-7-13-22/h3-17,20-21,26,29-30,32H,2,18-19H2,1H3/t26-,29-,30-,32-/m1/s1. The first-order chi connectivity index (χ1) is 23.4. The highest BCUT2D eigenvalue weighted by Crippen LogP contribution is 2.37. The van der Waals surface area contributed by atoms with Crippen LogP contribution in [-0.2, 0) is 34.9 Å². The highest BCUT2D eigenvalue weighted by atomic mass is 16.7. The van der Waals surface area contributed by atoms with E-state index < -0.39 is 48.4 Å². The normalized spacial score (nSPS) is 18.6. The molecule has 0 unspecified atom stereocenters. The third-order valence-corrected chi connectivity index (χ3v) is 7.50. The van der Waals surface area contributed by atoms with Crippen LogP contribution < -0.4 is 0 Å². The van der Waals surface area contributed by atoms with Crippen molar-refractivity contribution < 1.29 is 42.9 Å². The van der Waals surface area contributed by atoms with E-state index >= 15 is 0 Å². The van der Waals surface area contributed by atoms with Gasteiger partial charge in [-0.1, -0.05) is 54.6 Å². The Morgan fingerprint density at radius 2 is 1.27 bits per heavy atom. The Balaban J connectivity index is 1.38. The van der Waals surface area contributed by atoms with E-state index in [1.165, 1.54) is 17.2 Å². The van der Waals surface area contributed by atoms with Crippen molar-refractivity contribution in [3.63, 3.8) is 0 Å². The molecule has 0 N–H and O–H groups in total. The summed E-state index contributed by atoms with van der Waals surface area (Å²) < 4.78 is 30.6. The number of rotatable bonds is 11. The van der Waals surface area contributed by atoms with Crippen molar-refractivity contribution in [1.29, 1.82) is 0 Å². The predicted octanol–water partition coefficient (Wildman–Crippen LogP) is 4.14. The maximum Gasteiger partial charge on any atom is 0.338 e. The van der Waals surface area contributed by atoms with Gasteiger partial charge in [0.1, 0.15) is 24.6 Å². The number of fused-ring (bicyclic) bond motifs is 1. The quantitative estimate of drug-likeness (QED) is 0.149. The highest BCUT2D eigenvalue weighted by molar-refractivity contribution is 5.91. The Kier molecular flexibility index (Phi) is 9.77. The third-order valence-electron chi connectivity index (χ3n) is 7.50. The van der Waals surface area contributed by atoms with E-state index in [4.69, 9.17) is 23.7 Å². The number of ether oxygens (including phenoxy) is 5. The molecule has 2 aromatic heterocycles. The maximum absolute atomic E-state index is 13.5. The van der Waals surface area contributed by atoms with Crippen molar-refractivity contribution in [2.24, 2.45) is 0 Å². The molecule has 1 aliphatic heterocycles. The van der Waals surface area contributed by atoms with E-state index in [9.17, 15) is 19.2 Å². The van der Waals surface area contributed by atoms with Crippen LogP contribution in [0.1, 0.15) is 49.9 Å². The second-order valence-corrected chi connectivity index (χ2v) is 10.6. The summed E-state index contributed by atoms with van der Waals surface area (Å²) in [5, 5.41) is 0. The number of esters is 4. The summed E-state index contributed by atoms with van der Waals surface area (Å²) in [4.78, 5) is 65.1. The highest BCUT2D eigenvalue weighted by Gasteiger charge is 2.52. The third kappa shape index (κ3) is 7.05. The lowest BCUT2D eigenvalue weighted by Crippen LogP contribution is -2.41. The predicted molar refractivity (Wildman–Crippen MR) is 168 cm³/mol. The first-order valence-corrected chi connectivity index (χ1v) is 15.1. The van der Waals surface area contributed by atoms with Crippen molar-refractivity contribution >= 4 is 35.0 Å². The molecule has 3 heterocycles. The average Bonchev–Trinajstić information content (AvgIpc) is 3.70. The second-order valence-electron chi connectivity index (χ2n) is 10.6. The van der Waals surface area contributed by atoms with Gasteiger partial charge >= 0.3 is 23.9 Å². The van der Waals surface area contributed by atoms with Crippen LogP contribution in [0.15, 0.2) is 104 Å². The minimum absolute atomic E-state index is 0.156. The van der Waals surface area contributed by atoms with Crippen LogP contribution in [0.2, 0.25) is 0 Å². The second kappa shape index (κ2) is 14.6. The van der Waals surface area contributed by atoms with Crippen molar-refractivity contribution in [3.05, 3.63) is 126 Å². The zero-order chi connectivity index (χ0) is 33.5. The number of hydrogen-bond donors (Lipinski definition) is 0. The van der Waals surface area contributed by atoms with Gasteiger partial charge in [-0.25, -0.2) is 29.3 Å². The molecular weight excluding hydrogens is 620 g/mol. The molecular formula is C35H30N4O9. The van der Waals surface area contributed by atoms with E-state index in [0.29, 0.717) is 16.8 Å². The van der Waals surface area contributed by atoms with Gasteiger partial charge in [-0.2, -0.15) is 0 Å². The van der Waals surface area contributed by atoms with Crippen molar-refractivity contribution in [3.8, 4) is 0 Å². The first-order valence-electron chi connectivity index (χ1n) is 15.1. The Hall–Kier alpha value is -5.95. The largest absolute Gasteiger partial charge is 0.466 e. The van der Waals surface area contributed by atoms with Crippen molar-refractivity contribution in [1.82, 2.24) is 19.5 Å². The molecule has 13 nitrogen and oxygen atoms in total. The van der Waals surface area contributed by atoms with Gasteiger partial charge in [0.25, 0.3) is 0 Å². The van der Waals surface area contributed by atoms with Gasteiger partial charge in [0.05, 0.1) is 41.7 Å². The monoisotopic (exact) mass is 650 g/mol. The molecule has 0 aliphatic carbocycles. The van der Waals surface area contributed by atoms with Gasteiger partial charge in [0.2, 0.25) is 0 Å². The van der Waals surface area contributed by atoms with Crippen LogP contribution in [-0.4, -0.2) is 74.9 Å². The molecule has 48 heavy (non-hydrogen) atoms. The number of imidazole rings is 1. The van der Waals surface area contributed by atoms with Crippen LogP contribution in [0.5, 0.6) is 0 Å². The van der Waals surface area contributed by atoms with Crippen LogP contribution in [0, 0.1) is 0 Å². The average molecular weight is 651 g/mol. The summed E-state index contributed by atoms with van der Waals surface area (Å²) in [6.45, 7) is 1.54. The number of hydrogen-bond acceptors (Lipinski definition) is 12. The molecule has 0 radical (unpaired) electrons. The first kappa shape index (κ1) is 32.0. The molecule has 0 spiro atoms. The Bertz CT molecular complexity index is 1900. The van der Waals surface area contributed by atoms with Crippen LogP contribution in [0.25, 0.3) is 11.2 Å². The Morgan fingerprint density at radius 3 is 1.85 bits per heavy atom. The summed E-state index contributed by atoms with van der Waals surface area (Å²) in [5.41, 5.74) is 1.66. The smallest absolute Gasteiger partial charge is 0.338 e. The van der Waals surface area contributed by atoms with E-state index in [-0.39, 0.29) is 36.4 Å². The minimum atomic E-state index is -1.27. The molecule has 4 atom stereocenters. The molecule has 1 saturated heterocycles. The fourth-order valence-electron chi connectivity index (χ4n) is 5.25. The Labute approximate surface area is 274 Å². The van der Waals surface area contributed by atoms with Gasteiger partial charge in [0.15, 0.2) is 24.1 Å². The van der Waals surface area contributed by atoms with Crippen LogP contribution in [0.3, 0.4) is 0 Å². The van der Waals surface area contributed by atoms with E-state index in [2.05, 4.69) is 15.0 Å². The fraction of sp³-hybridized carbons (Fsp3) is 0.229. The zero-order valence-corrected chi connectivity index (χ0v) is 25.7. The van der Waals surface area contributed by atoms with E-state index in [1.807, 2.05) is 0 Å². The molecule has 1 aliphatic rings. The lowest BCUT2D eigenvalue weighted by atomic mass is 10.1. The number of carbonyl (C=O) groups is 4. The summed E-state index contributed by atoms with van der Waals surface area (Å²) >= 11 is 0. The topological polar surface area (TPSA) is 158 Å². The van der Waals surface area contributed by atoms with Crippen LogP contribution >= 0.6 is 0 Å². The molecule has 6 rings (SSSR count). The molecule has 0 saturated carbocycles. The lowest BCUT2D eigenvalue weighted by molar-refractivity contribution is -0.142. The molecule has 0 bridgehead atoms. The van der Waals surface area contributed by atoms with E-state index in [1.54, 1.807) is 97.9 Å². The number of benzene rings is 3. The summed E-state index contributed by atoms with van der Waals surface area (Å²) in [6, 6.07) is 24.9. The van der Waals surface area contributed by atoms with Crippen LogP contribution in [0.4, 0.5) is 0 Å². The zero-order valence-electron chi connectivity index (χ0n) is 25.7. The molecule has 13 heteroatoms. The lowest BCUT2D eigenvalue weighted by Gasteiger charge is -2.25. The Morgan fingerprint density at radius 1 is 0.708 bits per heavy atom. The molecule has 0 amide bonds. The molecule has 1 fully saturated rings. The summed E-state index contributed by atoms with van der Waals surface area (Å²) in [6.07, 6.45) is -2.28. The van der Waals surface area contributed by atoms with Gasteiger partial charge in [-0.15, -0.1) is 0 Å². The van der Waals surface area contributed by atoms with Gasteiger partial charge in [-0.3, -0.25) is 9.36 Å². The maximum atomic E-state index is 13.5. The fourth-order valence-corrected chi connectivity index (χ4v) is 5.25. The molecule has 5 aromatic rings. The molecule has 244 valence electrons. The number of nitrogens with zero attached hydrogens (tertiary/aromatic N) is 4. The van der Waals surface area contributed by atoms with Gasteiger partial charge in [-0.05, 0) is 43.3 Å². The van der Waals surface area contributed by atoms with Crippen molar-refractivity contribution in [2.45, 2.75) is 37.9 Å². The summed E-state index contributed by atoms with van der Waals surface area (Å²) in [5.74, 6) is -2.54. The minimum Gasteiger partial charge on any atom is -0.466 e. The number of aromatic nitrogens is 4. The van der Waals surface area contributed by atoms with Gasteiger partial charge in [0, 0.05) is 0 Å².